The summed E-state index contributed by atoms with van der Waals surface area (Å²) in [7, 11) is 0. The molecule has 0 bridgehead atoms. The molecule has 1 saturated heterocycles. The molecule has 3 rings (SSSR count). The van der Waals surface area contributed by atoms with Gasteiger partial charge in [0.1, 0.15) is 0 Å². The van der Waals surface area contributed by atoms with Crippen molar-refractivity contribution in [2.45, 2.75) is 29.5 Å². The van der Waals surface area contributed by atoms with Crippen molar-refractivity contribution >= 4 is 53.3 Å². The average Bonchev–Trinajstić information content (AvgIpc) is 2.48. The molecule has 8 heteroatoms. The molecule has 2 heterocycles. The lowest BCUT2D eigenvalue weighted by atomic mass is 10.1. The van der Waals surface area contributed by atoms with E-state index in [0.29, 0.717) is 11.6 Å². The molecule has 0 aliphatic carbocycles. The van der Waals surface area contributed by atoms with E-state index in [1.807, 2.05) is 17.9 Å². The van der Waals surface area contributed by atoms with Crippen molar-refractivity contribution in [3.8, 4) is 0 Å². The number of carbonyl (C=O) groups excluding carboxylic acids is 2. The smallest absolute Gasteiger partial charge is 0.238 e. The van der Waals surface area contributed by atoms with E-state index in [1.165, 1.54) is 11.8 Å². The van der Waals surface area contributed by atoms with Gasteiger partial charge in [0, 0.05) is 42.0 Å². The Labute approximate surface area is 150 Å². The van der Waals surface area contributed by atoms with E-state index in [9.17, 15) is 9.59 Å². The number of thioether (sulfide) groups is 1. The summed E-state index contributed by atoms with van der Waals surface area (Å²) in [6.45, 7) is 4.33. The zero-order valence-electron chi connectivity index (χ0n) is 12.7. The van der Waals surface area contributed by atoms with Crippen molar-refractivity contribution < 1.29 is 9.59 Å². The van der Waals surface area contributed by atoms with Gasteiger partial charge in [-0.3, -0.25) is 9.59 Å². The van der Waals surface area contributed by atoms with Crippen LogP contribution in [0.1, 0.15) is 13.3 Å². The molecule has 0 radical (unpaired) electrons. The van der Waals surface area contributed by atoms with Crippen LogP contribution in [0, 0.1) is 0 Å². The third-order valence-electron chi connectivity index (χ3n) is 3.94. The molecule has 126 valence electrons. The van der Waals surface area contributed by atoms with E-state index in [0.717, 1.165) is 23.7 Å². The number of nitrogens with zero attached hydrogens (tertiary/aromatic N) is 1. The molecule has 23 heavy (non-hydrogen) atoms. The first kappa shape index (κ1) is 18.4. The van der Waals surface area contributed by atoms with Crippen molar-refractivity contribution in [1.29, 1.82) is 0 Å². The lowest BCUT2D eigenvalue weighted by molar-refractivity contribution is -0.135. The highest BCUT2D eigenvalue weighted by Gasteiger charge is 2.32. The Morgan fingerprint density at radius 2 is 2.26 bits per heavy atom. The first-order chi connectivity index (χ1) is 10.5. The van der Waals surface area contributed by atoms with Crippen LogP contribution in [0.15, 0.2) is 23.1 Å². The molecule has 0 saturated carbocycles. The minimum absolute atomic E-state index is 0. The molecule has 2 amide bonds. The van der Waals surface area contributed by atoms with Gasteiger partial charge in [-0.2, -0.15) is 0 Å². The van der Waals surface area contributed by atoms with Crippen molar-refractivity contribution in [1.82, 2.24) is 10.2 Å². The Morgan fingerprint density at radius 3 is 3.00 bits per heavy atom. The van der Waals surface area contributed by atoms with Crippen LogP contribution in [0.4, 0.5) is 5.69 Å². The van der Waals surface area contributed by atoms with Gasteiger partial charge in [0.2, 0.25) is 11.8 Å². The number of amides is 2. The molecular weight excluding hydrogens is 357 g/mol. The lowest BCUT2D eigenvalue weighted by Crippen LogP contribution is -2.53. The van der Waals surface area contributed by atoms with Gasteiger partial charge in [0.25, 0.3) is 0 Å². The largest absolute Gasteiger partial charge is 0.337 e. The van der Waals surface area contributed by atoms with Crippen molar-refractivity contribution in [2.75, 3.05) is 25.0 Å². The van der Waals surface area contributed by atoms with E-state index in [4.69, 9.17) is 11.6 Å². The quantitative estimate of drug-likeness (QED) is 0.832. The number of rotatable bonds is 2. The Morgan fingerprint density at radius 1 is 1.48 bits per heavy atom. The Balaban J connectivity index is 0.00000192. The monoisotopic (exact) mass is 375 g/mol. The zero-order valence-corrected chi connectivity index (χ0v) is 15.1. The number of carbonyl (C=O) groups is 2. The topological polar surface area (TPSA) is 61.4 Å². The minimum Gasteiger partial charge on any atom is -0.337 e. The van der Waals surface area contributed by atoms with Crippen molar-refractivity contribution in [3.63, 3.8) is 0 Å². The predicted molar refractivity (Wildman–Crippen MR) is 95.6 cm³/mol. The summed E-state index contributed by atoms with van der Waals surface area (Å²) in [4.78, 5) is 27.5. The van der Waals surface area contributed by atoms with Crippen LogP contribution in [0.25, 0.3) is 0 Å². The summed E-state index contributed by atoms with van der Waals surface area (Å²) in [6.07, 6.45) is 0.225. The Bertz CT molecular complexity index is 614. The first-order valence-electron chi connectivity index (χ1n) is 7.32. The van der Waals surface area contributed by atoms with Crippen LogP contribution in [-0.4, -0.2) is 47.6 Å². The van der Waals surface area contributed by atoms with E-state index in [2.05, 4.69) is 10.6 Å². The highest BCUT2D eigenvalue weighted by atomic mass is 35.5. The summed E-state index contributed by atoms with van der Waals surface area (Å²) >= 11 is 7.37. The number of benzene rings is 1. The maximum absolute atomic E-state index is 12.5. The fourth-order valence-electron chi connectivity index (χ4n) is 2.74. The van der Waals surface area contributed by atoms with Gasteiger partial charge < -0.3 is 15.5 Å². The SMILES string of the molecule is C[C@H]1CNCCN1C(=O)CC1Sc2ccc(Cl)cc2NC1=O.Cl. The molecular formula is C15H19Cl2N3O2S. The summed E-state index contributed by atoms with van der Waals surface area (Å²) in [5.74, 6) is -0.0880. The number of hydrogen-bond acceptors (Lipinski definition) is 4. The number of halogens is 2. The third-order valence-corrected chi connectivity index (χ3v) is 5.45. The molecule has 2 aliphatic rings. The van der Waals surface area contributed by atoms with Gasteiger partial charge in [0.15, 0.2) is 0 Å². The third kappa shape index (κ3) is 4.12. The molecule has 0 aromatic heterocycles. The molecule has 5 nitrogen and oxygen atoms in total. The van der Waals surface area contributed by atoms with Crippen molar-refractivity contribution in [2.24, 2.45) is 0 Å². The van der Waals surface area contributed by atoms with Gasteiger partial charge in [0.05, 0.1) is 10.9 Å². The Kier molecular flexibility index (Phi) is 6.19. The number of nitrogens with one attached hydrogen (secondary N) is 2. The van der Waals surface area contributed by atoms with E-state index < -0.39 is 0 Å². The number of fused-ring (bicyclic) bond motifs is 1. The van der Waals surface area contributed by atoms with Crippen LogP contribution in [0.3, 0.4) is 0 Å². The molecule has 2 aliphatic heterocycles. The molecule has 0 spiro atoms. The van der Waals surface area contributed by atoms with Crippen LogP contribution in [0.5, 0.6) is 0 Å². The van der Waals surface area contributed by atoms with Crippen LogP contribution < -0.4 is 10.6 Å². The summed E-state index contributed by atoms with van der Waals surface area (Å²) in [6, 6.07) is 5.58. The fourth-order valence-corrected chi connectivity index (χ4v) is 4.00. The van der Waals surface area contributed by atoms with Gasteiger partial charge in [-0.15, -0.1) is 24.2 Å². The summed E-state index contributed by atoms with van der Waals surface area (Å²) in [5.41, 5.74) is 0.724. The maximum Gasteiger partial charge on any atom is 0.238 e. The highest BCUT2D eigenvalue weighted by molar-refractivity contribution is 8.01. The van der Waals surface area contributed by atoms with Crippen LogP contribution >= 0.6 is 35.8 Å². The van der Waals surface area contributed by atoms with Crippen LogP contribution in [-0.2, 0) is 9.59 Å². The fraction of sp³-hybridized carbons (Fsp3) is 0.467. The molecule has 1 aromatic rings. The second kappa shape index (κ2) is 7.75. The van der Waals surface area contributed by atoms with Gasteiger partial charge >= 0.3 is 0 Å². The average molecular weight is 376 g/mol. The minimum atomic E-state index is -0.386. The molecule has 2 N–H and O–H groups in total. The zero-order chi connectivity index (χ0) is 15.7. The van der Waals surface area contributed by atoms with Crippen molar-refractivity contribution in [3.05, 3.63) is 23.2 Å². The van der Waals surface area contributed by atoms with Gasteiger partial charge in [-0.1, -0.05) is 11.6 Å². The molecule has 1 unspecified atom stereocenters. The number of piperazine rings is 1. The van der Waals surface area contributed by atoms with Gasteiger partial charge in [-0.25, -0.2) is 0 Å². The second-order valence-corrected chi connectivity index (χ2v) is 7.26. The number of hydrogen-bond donors (Lipinski definition) is 2. The molecule has 1 fully saturated rings. The summed E-state index contributed by atoms with van der Waals surface area (Å²) < 4.78 is 0. The standard InChI is InChI=1S/C15H18ClN3O2S.ClH/c1-9-8-17-4-5-19(9)14(20)7-13-15(21)18-11-6-10(16)2-3-12(11)22-13;/h2-3,6,9,13,17H,4-5,7-8H2,1H3,(H,18,21);1H/t9-,13?;/m0./s1. The highest BCUT2D eigenvalue weighted by Crippen LogP contribution is 2.38. The van der Waals surface area contributed by atoms with Gasteiger partial charge in [-0.05, 0) is 25.1 Å². The van der Waals surface area contributed by atoms with E-state index in [1.54, 1.807) is 12.1 Å². The van der Waals surface area contributed by atoms with Crippen LogP contribution in [0.2, 0.25) is 5.02 Å². The first-order valence-corrected chi connectivity index (χ1v) is 8.57. The Hall–Kier alpha value is -0.950. The van der Waals surface area contributed by atoms with E-state index in [-0.39, 0.29) is 41.9 Å². The maximum atomic E-state index is 12.5. The second-order valence-electron chi connectivity index (χ2n) is 5.58. The van der Waals surface area contributed by atoms with E-state index >= 15 is 0 Å². The number of anilines is 1. The summed E-state index contributed by atoms with van der Waals surface area (Å²) in [5, 5.41) is 6.30. The predicted octanol–water partition coefficient (Wildman–Crippen LogP) is 2.39. The molecule has 2 atom stereocenters. The normalized spacial score (nSPS) is 23.6. The molecule has 1 aromatic carbocycles. The lowest BCUT2D eigenvalue weighted by Gasteiger charge is -2.35.